The molecule has 0 aliphatic rings. The Kier molecular flexibility index (Phi) is 4.71. The molecule has 0 saturated heterocycles. The molecule has 14 heavy (non-hydrogen) atoms. The minimum atomic E-state index is -0.652. The number of nitrogens with zero attached hydrogens (tertiary/aromatic N) is 1. The van der Waals surface area contributed by atoms with Crippen LogP contribution in [0.5, 0.6) is 0 Å². The van der Waals surface area contributed by atoms with E-state index in [-0.39, 0.29) is 5.70 Å². The van der Waals surface area contributed by atoms with Crippen LogP contribution in [-0.4, -0.2) is 18.2 Å². The standard InChI is InChI=1S/C10H15NO3/c1-6-13-7-8(11-5)9(12)14-10(2,3)4/h7H,6H2,1-4H3/b8-7+. The van der Waals surface area contributed by atoms with E-state index in [2.05, 4.69) is 4.85 Å². The van der Waals surface area contributed by atoms with Gasteiger partial charge in [-0.15, -0.1) is 0 Å². The fraction of sp³-hybridized carbons (Fsp3) is 0.600. The van der Waals surface area contributed by atoms with Crippen LogP contribution in [0.15, 0.2) is 12.0 Å². The molecule has 0 aliphatic heterocycles. The zero-order valence-electron chi connectivity index (χ0n) is 8.96. The van der Waals surface area contributed by atoms with Crippen LogP contribution in [0.3, 0.4) is 0 Å². The van der Waals surface area contributed by atoms with Crippen LogP contribution in [-0.2, 0) is 14.3 Å². The summed E-state index contributed by atoms with van der Waals surface area (Å²) in [5.41, 5.74) is -0.727. The monoisotopic (exact) mass is 197 g/mol. The molecule has 0 aliphatic carbocycles. The van der Waals surface area contributed by atoms with E-state index >= 15 is 0 Å². The van der Waals surface area contributed by atoms with Crippen LogP contribution in [0.2, 0.25) is 0 Å². The molecule has 0 aromatic heterocycles. The van der Waals surface area contributed by atoms with E-state index in [4.69, 9.17) is 16.0 Å². The highest BCUT2D eigenvalue weighted by Crippen LogP contribution is 2.11. The lowest BCUT2D eigenvalue weighted by molar-refractivity contribution is -0.149. The fourth-order valence-electron chi connectivity index (χ4n) is 0.613. The van der Waals surface area contributed by atoms with Crippen molar-refractivity contribution in [3.63, 3.8) is 0 Å². The summed E-state index contributed by atoms with van der Waals surface area (Å²) in [5.74, 6) is -0.652. The lowest BCUT2D eigenvalue weighted by atomic mass is 10.2. The Balaban J connectivity index is 4.43. The van der Waals surface area contributed by atoms with E-state index in [1.807, 2.05) is 0 Å². The van der Waals surface area contributed by atoms with Crippen molar-refractivity contribution in [2.24, 2.45) is 0 Å². The van der Waals surface area contributed by atoms with Crippen molar-refractivity contribution < 1.29 is 14.3 Å². The predicted octanol–water partition coefficient (Wildman–Crippen LogP) is 2.13. The second-order valence-electron chi connectivity index (χ2n) is 3.57. The lowest BCUT2D eigenvalue weighted by Gasteiger charge is -2.19. The summed E-state index contributed by atoms with van der Waals surface area (Å²) in [6, 6.07) is 0. The second-order valence-corrected chi connectivity index (χ2v) is 3.57. The Labute approximate surface area is 84.3 Å². The van der Waals surface area contributed by atoms with E-state index in [0.717, 1.165) is 6.26 Å². The molecule has 0 unspecified atom stereocenters. The Morgan fingerprint density at radius 1 is 1.50 bits per heavy atom. The number of rotatable bonds is 3. The van der Waals surface area contributed by atoms with Gasteiger partial charge in [-0.25, -0.2) is 4.85 Å². The van der Waals surface area contributed by atoms with E-state index in [1.165, 1.54) is 0 Å². The molecule has 4 heteroatoms. The van der Waals surface area contributed by atoms with Crippen LogP contribution in [0.4, 0.5) is 0 Å². The normalized spacial score (nSPS) is 11.8. The first-order chi connectivity index (χ1) is 6.40. The molecule has 4 nitrogen and oxygen atoms in total. The zero-order chi connectivity index (χ0) is 11.2. The van der Waals surface area contributed by atoms with Gasteiger partial charge in [0.1, 0.15) is 5.60 Å². The molecule has 0 atom stereocenters. The molecule has 0 rings (SSSR count). The molecule has 0 spiro atoms. The fourth-order valence-corrected chi connectivity index (χ4v) is 0.613. The predicted molar refractivity (Wildman–Crippen MR) is 52.2 cm³/mol. The van der Waals surface area contributed by atoms with Crippen LogP contribution in [0, 0.1) is 6.57 Å². The molecule has 0 heterocycles. The maximum Gasteiger partial charge on any atom is 0.340 e. The lowest BCUT2D eigenvalue weighted by Crippen LogP contribution is -2.24. The van der Waals surface area contributed by atoms with Crippen molar-refractivity contribution in [2.45, 2.75) is 33.3 Å². The highest BCUT2D eigenvalue weighted by Gasteiger charge is 2.20. The molecule has 0 radical (unpaired) electrons. The number of carbonyl (C=O) groups excluding carboxylic acids is 1. The van der Waals surface area contributed by atoms with Crippen molar-refractivity contribution in [1.29, 1.82) is 0 Å². The molecular formula is C10H15NO3. The minimum absolute atomic E-state index is 0.137. The Morgan fingerprint density at radius 3 is 2.43 bits per heavy atom. The van der Waals surface area contributed by atoms with Gasteiger partial charge in [-0.05, 0) is 27.7 Å². The maximum absolute atomic E-state index is 11.3. The molecule has 0 amide bonds. The number of hydrogen-bond donors (Lipinski definition) is 0. The van der Waals surface area contributed by atoms with Gasteiger partial charge >= 0.3 is 11.7 Å². The van der Waals surface area contributed by atoms with Gasteiger partial charge < -0.3 is 9.47 Å². The average Bonchev–Trinajstić information content (AvgIpc) is 2.02. The van der Waals surface area contributed by atoms with Crippen molar-refractivity contribution in [2.75, 3.05) is 6.61 Å². The van der Waals surface area contributed by atoms with Crippen molar-refractivity contribution >= 4 is 5.97 Å². The van der Waals surface area contributed by atoms with Crippen LogP contribution < -0.4 is 0 Å². The Hall–Kier alpha value is -1.50. The summed E-state index contributed by atoms with van der Waals surface area (Å²) in [6.07, 6.45) is 1.13. The number of carbonyl (C=O) groups is 1. The Bertz CT molecular complexity index is 268. The Morgan fingerprint density at radius 2 is 2.07 bits per heavy atom. The minimum Gasteiger partial charge on any atom is -0.512 e. The van der Waals surface area contributed by atoms with Gasteiger partial charge in [0, 0.05) is 0 Å². The first-order valence-electron chi connectivity index (χ1n) is 4.33. The number of ether oxygens (including phenoxy) is 2. The molecule has 0 saturated carbocycles. The van der Waals surface area contributed by atoms with E-state index in [0.29, 0.717) is 6.61 Å². The summed E-state index contributed by atoms with van der Waals surface area (Å²) in [6.45, 7) is 14.2. The molecule has 0 fully saturated rings. The van der Waals surface area contributed by atoms with Crippen molar-refractivity contribution in [3.8, 4) is 0 Å². The molecule has 0 bridgehead atoms. The smallest absolute Gasteiger partial charge is 0.340 e. The first kappa shape index (κ1) is 12.5. The third-order valence-electron chi connectivity index (χ3n) is 1.09. The molecular weight excluding hydrogens is 182 g/mol. The highest BCUT2D eigenvalue weighted by atomic mass is 16.6. The first-order valence-corrected chi connectivity index (χ1v) is 4.33. The van der Waals surface area contributed by atoms with Crippen LogP contribution >= 0.6 is 0 Å². The van der Waals surface area contributed by atoms with Crippen LogP contribution in [0.25, 0.3) is 4.85 Å². The third-order valence-corrected chi connectivity index (χ3v) is 1.09. The summed E-state index contributed by atoms with van der Waals surface area (Å²) < 4.78 is 9.83. The van der Waals surface area contributed by atoms with E-state index < -0.39 is 11.6 Å². The maximum atomic E-state index is 11.3. The largest absolute Gasteiger partial charge is 0.512 e. The third kappa shape index (κ3) is 5.20. The van der Waals surface area contributed by atoms with E-state index in [9.17, 15) is 4.79 Å². The van der Waals surface area contributed by atoms with Gasteiger partial charge in [0.2, 0.25) is 0 Å². The van der Waals surface area contributed by atoms with Gasteiger partial charge in [-0.2, -0.15) is 0 Å². The van der Waals surface area contributed by atoms with Gasteiger partial charge in [-0.3, -0.25) is 4.79 Å². The quantitative estimate of drug-likeness (QED) is 0.301. The summed E-state index contributed by atoms with van der Waals surface area (Å²) in [4.78, 5) is 14.3. The van der Waals surface area contributed by atoms with Gasteiger partial charge in [-0.1, -0.05) is 0 Å². The summed E-state index contributed by atoms with van der Waals surface area (Å²) in [7, 11) is 0. The number of esters is 1. The van der Waals surface area contributed by atoms with Crippen molar-refractivity contribution in [3.05, 3.63) is 23.4 Å². The topological polar surface area (TPSA) is 39.9 Å². The SMILES string of the molecule is [C-]#[N+]/C(=C/OCC)C(=O)OC(C)(C)C. The summed E-state index contributed by atoms with van der Waals surface area (Å²) >= 11 is 0. The summed E-state index contributed by atoms with van der Waals surface area (Å²) in [5, 5.41) is 0. The number of hydrogen-bond acceptors (Lipinski definition) is 3. The van der Waals surface area contributed by atoms with Gasteiger partial charge in [0.15, 0.2) is 0 Å². The highest BCUT2D eigenvalue weighted by molar-refractivity contribution is 5.90. The molecule has 0 aromatic carbocycles. The zero-order valence-corrected chi connectivity index (χ0v) is 8.96. The average molecular weight is 197 g/mol. The van der Waals surface area contributed by atoms with E-state index in [1.54, 1.807) is 27.7 Å². The molecule has 0 aromatic rings. The molecule has 78 valence electrons. The van der Waals surface area contributed by atoms with Crippen molar-refractivity contribution in [1.82, 2.24) is 0 Å². The van der Waals surface area contributed by atoms with Crippen LogP contribution in [0.1, 0.15) is 27.7 Å². The second kappa shape index (κ2) is 5.28. The van der Waals surface area contributed by atoms with Gasteiger partial charge in [0.25, 0.3) is 0 Å². The molecule has 0 N–H and O–H groups in total. The van der Waals surface area contributed by atoms with Gasteiger partial charge in [0.05, 0.1) is 19.4 Å².